The Morgan fingerprint density at radius 1 is 1.33 bits per heavy atom. The van der Waals surface area contributed by atoms with Gasteiger partial charge in [-0.05, 0) is 36.7 Å². The second-order valence-electron chi connectivity index (χ2n) is 4.89. The first kappa shape index (κ1) is 16.6. The molecule has 0 saturated carbocycles. The maximum Gasteiger partial charge on any atom is 0.147 e. The van der Waals surface area contributed by atoms with Crippen molar-refractivity contribution in [3.05, 3.63) is 44.2 Å². The Hall–Kier alpha value is -0.810. The monoisotopic (exact) mass is 343 g/mol. The van der Waals surface area contributed by atoms with Crippen molar-refractivity contribution >= 4 is 40.4 Å². The number of nitrogens with one attached hydrogen (secondary N) is 1. The topological polar surface area (TPSA) is 28.2 Å². The molecular formula is C15H19Cl2N3S. The number of thiophene rings is 1. The highest BCUT2D eigenvalue weighted by Crippen LogP contribution is 2.27. The third-order valence-electron chi connectivity index (χ3n) is 3.02. The predicted molar refractivity (Wildman–Crippen MR) is 92.7 cm³/mol. The van der Waals surface area contributed by atoms with Crippen LogP contribution in [0, 0.1) is 0 Å². The van der Waals surface area contributed by atoms with Crippen LogP contribution < -0.4 is 10.2 Å². The van der Waals surface area contributed by atoms with Gasteiger partial charge in [0.15, 0.2) is 0 Å². The quantitative estimate of drug-likeness (QED) is 0.745. The molecule has 0 aliphatic rings. The number of pyridine rings is 1. The van der Waals surface area contributed by atoms with Gasteiger partial charge in [0.05, 0.1) is 15.9 Å². The minimum Gasteiger partial charge on any atom is -0.353 e. The second-order valence-corrected chi connectivity index (χ2v) is 7.09. The molecule has 0 fully saturated rings. The zero-order valence-electron chi connectivity index (χ0n) is 12.2. The molecule has 0 aliphatic carbocycles. The van der Waals surface area contributed by atoms with Crippen LogP contribution in [0.4, 0.5) is 5.82 Å². The molecule has 0 unspecified atom stereocenters. The van der Waals surface area contributed by atoms with Gasteiger partial charge in [-0.1, -0.05) is 30.1 Å². The van der Waals surface area contributed by atoms with Gasteiger partial charge in [0.25, 0.3) is 0 Å². The number of hydrogen-bond acceptors (Lipinski definition) is 4. The van der Waals surface area contributed by atoms with E-state index in [1.54, 1.807) is 11.3 Å². The van der Waals surface area contributed by atoms with Gasteiger partial charge >= 0.3 is 0 Å². The molecule has 3 nitrogen and oxygen atoms in total. The van der Waals surface area contributed by atoms with Crippen LogP contribution in [0.15, 0.2) is 24.4 Å². The average molecular weight is 344 g/mol. The number of nitrogens with zero attached hydrogens (tertiary/aromatic N) is 2. The zero-order valence-corrected chi connectivity index (χ0v) is 14.5. The summed E-state index contributed by atoms with van der Waals surface area (Å²) in [4.78, 5) is 7.71. The van der Waals surface area contributed by atoms with E-state index in [-0.39, 0.29) is 0 Å². The van der Waals surface area contributed by atoms with E-state index in [0.717, 1.165) is 41.8 Å². The fraction of sp³-hybridized carbons (Fsp3) is 0.400. The van der Waals surface area contributed by atoms with E-state index in [2.05, 4.69) is 17.2 Å². The van der Waals surface area contributed by atoms with Gasteiger partial charge in [0, 0.05) is 24.7 Å². The van der Waals surface area contributed by atoms with Gasteiger partial charge < -0.3 is 10.2 Å². The van der Waals surface area contributed by atoms with Crippen molar-refractivity contribution in [3.8, 4) is 0 Å². The molecule has 0 spiro atoms. The number of aromatic nitrogens is 1. The summed E-state index contributed by atoms with van der Waals surface area (Å²) in [5, 5.41) is 4.02. The molecule has 6 heteroatoms. The Morgan fingerprint density at radius 2 is 2.14 bits per heavy atom. The Morgan fingerprint density at radius 3 is 2.76 bits per heavy atom. The van der Waals surface area contributed by atoms with E-state index in [9.17, 15) is 0 Å². The Bertz CT molecular complexity index is 586. The molecule has 2 heterocycles. The summed E-state index contributed by atoms with van der Waals surface area (Å²) in [5.41, 5.74) is 1.10. The van der Waals surface area contributed by atoms with Gasteiger partial charge in [-0.25, -0.2) is 4.98 Å². The van der Waals surface area contributed by atoms with Crippen molar-refractivity contribution in [1.82, 2.24) is 10.3 Å². The molecule has 0 aliphatic heterocycles. The fourth-order valence-electron chi connectivity index (χ4n) is 2.00. The third kappa shape index (κ3) is 4.85. The summed E-state index contributed by atoms with van der Waals surface area (Å²) < 4.78 is 0.801. The molecule has 2 rings (SSSR count). The summed E-state index contributed by atoms with van der Waals surface area (Å²) in [5.74, 6) is 0.792. The van der Waals surface area contributed by atoms with Crippen LogP contribution in [0.1, 0.15) is 23.8 Å². The van der Waals surface area contributed by atoms with E-state index >= 15 is 0 Å². The van der Waals surface area contributed by atoms with Gasteiger partial charge in [0.2, 0.25) is 0 Å². The largest absolute Gasteiger partial charge is 0.353 e. The summed E-state index contributed by atoms with van der Waals surface area (Å²) in [6.45, 7) is 4.69. The van der Waals surface area contributed by atoms with E-state index < -0.39 is 0 Å². The first-order valence-electron chi connectivity index (χ1n) is 6.90. The molecule has 2 aromatic rings. The lowest BCUT2D eigenvalue weighted by Gasteiger charge is -2.19. The van der Waals surface area contributed by atoms with Gasteiger partial charge in [-0.3, -0.25) is 0 Å². The molecule has 0 atom stereocenters. The highest BCUT2D eigenvalue weighted by molar-refractivity contribution is 7.16. The van der Waals surface area contributed by atoms with E-state index in [4.69, 9.17) is 23.2 Å². The molecule has 114 valence electrons. The van der Waals surface area contributed by atoms with E-state index in [0.29, 0.717) is 5.02 Å². The minimum atomic E-state index is 0.677. The normalized spacial score (nSPS) is 10.9. The maximum atomic E-state index is 6.35. The number of hydrogen-bond donors (Lipinski definition) is 1. The second kappa shape index (κ2) is 7.99. The molecule has 0 amide bonds. The van der Waals surface area contributed by atoms with Crippen molar-refractivity contribution in [2.75, 3.05) is 18.5 Å². The summed E-state index contributed by atoms with van der Waals surface area (Å²) in [7, 11) is 1.98. The zero-order chi connectivity index (χ0) is 15.2. The van der Waals surface area contributed by atoms with E-state index in [1.165, 1.54) is 4.88 Å². The lowest BCUT2D eigenvalue weighted by Crippen LogP contribution is -2.18. The van der Waals surface area contributed by atoms with Gasteiger partial charge in [-0.2, -0.15) is 0 Å². The molecular weight excluding hydrogens is 325 g/mol. The maximum absolute atomic E-state index is 6.35. The first-order valence-corrected chi connectivity index (χ1v) is 8.48. The SMILES string of the molecule is CCCNCc1cnc(N(C)Cc2ccc(Cl)s2)c(Cl)c1. The van der Waals surface area contributed by atoms with Crippen LogP contribution in [0.2, 0.25) is 9.36 Å². The molecule has 0 saturated heterocycles. The smallest absolute Gasteiger partial charge is 0.147 e. The van der Waals surface area contributed by atoms with Crippen LogP contribution in [0.3, 0.4) is 0 Å². The Kier molecular flexibility index (Phi) is 6.30. The Balaban J connectivity index is 2.02. The van der Waals surface area contributed by atoms with Crippen molar-refractivity contribution in [2.24, 2.45) is 0 Å². The van der Waals surface area contributed by atoms with Gasteiger partial charge in [0.1, 0.15) is 5.82 Å². The highest BCUT2D eigenvalue weighted by Gasteiger charge is 2.10. The molecule has 0 aromatic carbocycles. The molecule has 0 radical (unpaired) electrons. The molecule has 2 aromatic heterocycles. The fourth-order valence-corrected chi connectivity index (χ4v) is 3.48. The third-order valence-corrected chi connectivity index (χ3v) is 4.51. The molecule has 21 heavy (non-hydrogen) atoms. The van der Waals surface area contributed by atoms with Crippen LogP contribution in [-0.4, -0.2) is 18.6 Å². The van der Waals surface area contributed by atoms with Crippen molar-refractivity contribution in [2.45, 2.75) is 26.4 Å². The number of halogens is 2. The van der Waals surface area contributed by atoms with Crippen LogP contribution in [0.25, 0.3) is 0 Å². The van der Waals surface area contributed by atoms with Crippen LogP contribution >= 0.6 is 34.5 Å². The summed E-state index contributed by atoms with van der Waals surface area (Å²) >= 11 is 13.9. The Labute approximate surface area is 139 Å². The predicted octanol–water partition coefficient (Wildman–Crippen LogP) is 4.59. The number of rotatable bonds is 7. The number of anilines is 1. The molecule has 1 N–H and O–H groups in total. The lowest BCUT2D eigenvalue weighted by molar-refractivity contribution is 0.674. The van der Waals surface area contributed by atoms with Crippen molar-refractivity contribution < 1.29 is 0 Å². The molecule has 0 bridgehead atoms. The first-order chi connectivity index (χ1) is 10.1. The van der Waals surface area contributed by atoms with Crippen molar-refractivity contribution in [3.63, 3.8) is 0 Å². The minimum absolute atomic E-state index is 0.677. The summed E-state index contributed by atoms with van der Waals surface area (Å²) in [6.07, 6.45) is 2.99. The summed E-state index contributed by atoms with van der Waals surface area (Å²) in [6, 6.07) is 5.91. The lowest BCUT2D eigenvalue weighted by atomic mass is 10.2. The van der Waals surface area contributed by atoms with Crippen molar-refractivity contribution in [1.29, 1.82) is 0 Å². The standard InChI is InChI=1S/C15H19Cl2N3S/c1-3-6-18-8-11-7-13(16)15(19-9-11)20(2)10-12-4-5-14(17)21-12/h4-5,7,9,18H,3,6,8,10H2,1-2H3. The van der Waals surface area contributed by atoms with Gasteiger partial charge in [-0.15, -0.1) is 11.3 Å². The average Bonchev–Trinajstić information content (AvgIpc) is 2.84. The van der Waals surface area contributed by atoms with Crippen LogP contribution in [-0.2, 0) is 13.1 Å². The highest BCUT2D eigenvalue weighted by atomic mass is 35.5. The van der Waals surface area contributed by atoms with Crippen LogP contribution in [0.5, 0.6) is 0 Å². The van der Waals surface area contributed by atoms with E-state index in [1.807, 2.05) is 36.3 Å².